The number of likely N-dealkylation sites (N-methyl/N-ethyl adjacent to an activating group) is 1. The van der Waals surface area contributed by atoms with Crippen LogP contribution in [0.2, 0.25) is 0 Å². The number of carbonyl (C=O) groups excluding carboxylic acids is 1. The minimum Gasteiger partial charge on any atom is -0.379 e. The number of rotatable bonds is 1. The fourth-order valence-corrected chi connectivity index (χ4v) is 3.44. The first-order chi connectivity index (χ1) is 10.7. The van der Waals surface area contributed by atoms with Crippen LogP contribution in [0.25, 0.3) is 0 Å². The number of hydrogen-bond acceptors (Lipinski definition) is 4. The summed E-state index contributed by atoms with van der Waals surface area (Å²) in [5, 5.41) is 4.54. The average molecular weight is 320 g/mol. The lowest BCUT2D eigenvalue weighted by Crippen LogP contribution is -2.62. The average Bonchev–Trinajstić information content (AvgIpc) is 3.08. The molecule has 0 aliphatic carbocycles. The number of nitrogens with zero attached hydrogens (tertiary/aromatic N) is 4. The minimum absolute atomic E-state index is 0.0121. The molecule has 0 aromatic carbocycles. The fourth-order valence-electron chi connectivity index (χ4n) is 3.44. The molecule has 0 saturated carbocycles. The van der Waals surface area contributed by atoms with Gasteiger partial charge in [0.05, 0.1) is 28.9 Å². The molecule has 0 unspecified atom stereocenters. The summed E-state index contributed by atoms with van der Waals surface area (Å²) in [4.78, 5) is 17.4. The number of amides is 1. The Kier molecular flexibility index (Phi) is 4.01. The maximum Gasteiger partial charge on any atom is 0.257 e. The SMILES string of the molecule is Cc1nn(C(C)(C)C)cc1C(=O)N1CCN(C)[C@]2(CCOC2)C1. The smallest absolute Gasteiger partial charge is 0.257 e. The maximum atomic E-state index is 13.0. The second kappa shape index (κ2) is 5.60. The van der Waals surface area contributed by atoms with E-state index >= 15 is 0 Å². The lowest BCUT2D eigenvalue weighted by atomic mass is 9.93. The van der Waals surface area contributed by atoms with E-state index in [0.29, 0.717) is 6.61 Å². The lowest BCUT2D eigenvalue weighted by Gasteiger charge is -2.46. The molecule has 2 saturated heterocycles. The second-order valence-electron chi connectivity index (χ2n) is 7.92. The zero-order valence-corrected chi connectivity index (χ0v) is 14.9. The Labute approximate surface area is 138 Å². The van der Waals surface area contributed by atoms with Gasteiger partial charge >= 0.3 is 0 Å². The monoisotopic (exact) mass is 320 g/mol. The van der Waals surface area contributed by atoms with Crippen LogP contribution in [-0.2, 0) is 10.3 Å². The van der Waals surface area contributed by atoms with Crippen LogP contribution < -0.4 is 0 Å². The summed E-state index contributed by atoms with van der Waals surface area (Å²) in [5.74, 6) is 0.0948. The van der Waals surface area contributed by atoms with Gasteiger partial charge in [-0.25, -0.2) is 0 Å². The topological polar surface area (TPSA) is 50.6 Å². The molecule has 3 heterocycles. The van der Waals surface area contributed by atoms with Crippen molar-refractivity contribution in [2.24, 2.45) is 0 Å². The van der Waals surface area contributed by atoms with Crippen LogP contribution in [0.15, 0.2) is 6.20 Å². The van der Waals surface area contributed by atoms with Crippen molar-refractivity contribution in [1.82, 2.24) is 19.6 Å². The number of piperazine rings is 1. The van der Waals surface area contributed by atoms with Crippen molar-refractivity contribution >= 4 is 5.91 Å². The minimum atomic E-state index is -0.119. The van der Waals surface area contributed by atoms with Gasteiger partial charge in [-0.3, -0.25) is 14.4 Å². The van der Waals surface area contributed by atoms with E-state index in [1.165, 1.54) is 0 Å². The zero-order chi connectivity index (χ0) is 16.8. The largest absolute Gasteiger partial charge is 0.379 e. The summed E-state index contributed by atoms with van der Waals surface area (Å²) in [7, 11) is 2.14. The maximum absolute atomic E-state index is 13.0. The number of carbonyl (C=O) groups is 1. The van der Waals surface area contributed by atoms with Gasteiger partial charge < -0.3 is 9.64 Å². The van der Waals surface area contributed by atoms with E-state index in [9.17, 15) is 4.79 Å². The number of aryl methyl sites for hydroxylation is 1. The highest BCUT2D eigenvalue weighted by molar-refractivity contribution is 5.95. The van der Waals surface area contributed by atoms with Gasteiger partial charge in [-0.15, -0.1) is 0 Å². The van der Waals surface area contributed by atoms with Crippen LogP contribution in [0.5, 0.6) is 0 Å². The molecule has 1 aromatic heterocycles. The molecule has 1 spiro atoms. The molecule has 0 N–H and O–H groups in total. The molecule has 2 aliphatic heterocycles. The Morgan fingerprint density at radius 2 is 2.09 bits per heavy atom. The Balaban J connectivity index is 1.82. The number of ether oxygens (including phenoxy) is 1. The summed E-state index contributed by atoms with van der Waals surface area (Å²) < 4.78 is 7.51. The molecule has 3 rings (SSSR count). The summed E-state index contributed by atoms with van der Waals surface area (Å²) in [5.41, 5.74) is 1.40. The van der Waals surface area contributed by atoms with Crippen LogP contribution in [0.1, 0.15) is 43.2 Å². The van der Waals surface area contributed by atoms with E-state index in [1.54, 1.807) is 0 Å². The quantitative estimate of drug-likeness (QED) is 0.787. The first-order valence-electron chi connectivity index (χ1n) is 8.38. The Hall–Kier alpha value is -1.40. The molecule has 128 valence electrons. The van der Waals surface area contributed by atoms with Crippen molar-refractivity contribution in [2.45, 2.75) is 45.2 Å². The molecule has 6 nitrogen and oxygen atoms in total. The Morgan fingerprint density at radius 1 is 1.35 bits per heavy atom. The van der Waals surface area contributed by atoms with Gasteiger partial charge in [0.2, 0.25) is 0 Å². The first-order valence-corrected chi connectivity index (χ1v) is 8.38. The molecule has 1 amide bonds. The normalized spacial score (nSPS) is 26.2. The second-order valence-corrected chi connectivity index (χ2v) is 7.92. The zero-order valence-electron chi connectivity index (χ0n) is 14.9. The van der Waals surface area contributed by atoms with Crippen molar-refractivity contribution in [3.63, 3.8) is 0 Å². The van der Waals surface area contributed by atoms with Gasteiger partial charge in [0.25, 0.3) is 5.91 Å². The third-order valence-electron chi connectivity index (χ3n) is 5.19. The van der Waals surface area contributed by atoms with Gasteiger partial charge in [-0.1, -0.05) is 0 Å². The highest BCUT2D eigenvalue weighted by Crippen LogP contribution is 2.30. The molecule has 0 radical (unpaired) electrons. The van der Waals surface area contributed by atoms with Crippen LogP contribution in [0.3, 0.4) is 0 Å². The molecule has 23 heavy (non-hydrogen) atoms. The third kappa shape index (κ3) is 2.90. The molecule has 1 aromatic rings. The molecule has 2 fully saturated rings. The van der Waals surface area contributed by atoms with E-state index in [0.717, 1.165) is 43.9 Å². The van der Waals surface area contributed by atoms with E-state index in [1.807, 2.05) is 22.7 Å². The molecule has 1 atom stereocenters. The van der Waals surface area contributed by atoms with E-state index in [-0.39, 0.29) is 17.0 Å². The fraction of sp³-hybridized carbons (Fsp3) is 0.765. The Morgan fingerprint density at radius 3 is 2.65 bits per heavy atom. The highest BCUT2D eigenvalue weighted by atomic mass is 16.5. The standard InChI is InChI=1S/C17H28N4O2/c1-13-14(10-21(18-13)16(2,3)4)15(22)20-8-7-19(5)17(11-20)6-9-23-12-17/h10H,6-9,11-12H2,1-5H3/t17-/m1/s1. The summed E-state index contributed by atoms with van der Waals surface area (Å²) in [6.45, 7) is 12.1. The number of aromatic nitrogens is 2. The molecular formula is C17H28N4O2. The van der Waals surface area contributed by atoms with Gasteiger partial charge in [-0.2, -0.15) is 5.10 Å². The van der Waals surface area contributed by atoms with Crippen LogP contribution >= 0.6 is 0 Å². The summed E-state index contributed by atoms with van der Waals surface area (Å²) in [6, 6.07) is 0. The predicted molar refractivity (Wildman–Crippen MR) is 88.7 cm³/mol. The highest BCUT2D eigenvalue weighted by Gasteiger charge is 2.44. The first kappa shape index (κ1) is 16.5. The Bertz CT molecular complexity index is 596. The lowest BCUT2D eigenvalue weighted by molar-refractivity contribution is 0.00921. The van der Waals surface area contributed by atoms with Gasteiger partial charge in [0.1, 0.15) is 0 Å². The van der Waals surface area contributed by atoms with Crippen molar-refractivity contribution < 1.29 is 9.53 Å². The molecule has 0 bridgehead atoms. The molecular weight excluding hydrogens is 292 g/mol. The van der Waals surface area contributed by atoms with Crippen molar-refractivity contribution in [1.29, 1.82) is 0 Å². The molecule has 6 heteroatoms. The molecule has 2 aliphatic rings. The van der Waals surface area contributed by atoms with Crippen LogP contribution in [0.4, 0.5) is 0 Å². The van der Waals surface area contributed by atoms with Gasteiger partial charge in [-0.05, 0) is 41.2 Å². The van der Waals surface area contributed by atoms with E-state index in [2.05, 4.69) is 37.8 Å². The van der Waals surface area contributed by atoms with E-state index < -0.39 is 0 Å². The summed E-state index contributed by atoms with van der Waals surface area (Å²) in [6.07, 6.45) is 2.89. The predicted octanol–water partition coefficient (Wildman–Crippen LogP) is 1.49. The van der Waals surface area contributed by atoms with Crippen molar-refractivity contribution in [3.8, 4) is 0 Å². The third-order valence-corrected chi connectivity index (χ3v) is 5.19. The van der Waals surface area contributed by atoms with E-state index in [4.69, 9.17) is 4.74 Å². The van der Waals surface area contributed by atoms with Crippen LogP contribution in [-0.4, -0.2) is 70.9 Å². The van der Waals surface area contributed by atoms with Crippen LogP contribution in [0, 0.1) is 6.92 Å². The number of hydrogen-bond donors (Lipinski definition) is 0. The van der Waals surface area contributed by atoms with Gasteiger partial charge in [0, 0.05) is 32.4 Å². The van der Waals surface area contributed by atoms with Gasteiger partial charge in [0.15, 0.2) is 0 Å². The summed E-state index contributed by atoms with van der Waals surface area (Å²) >= 11 is 0. The van der Waals surface area contributed by atoms with Crippen molar-refractivity contribution in [2.75, 3.05) is 39.9 Å². The van der Waals surface area contributed by atoms with Crippen molar-refractivity contribution in [3.05, 3.63) is 17.5 Å².